The summed E-state index contributed by atoms with van der Waals surface area (Å²) in [5, 5.41) is 5.89. The summed E-state index contributed by atoms with van der Waals surface area (Å²) in [6, 6.07) is 4.31. The maximum Gasteiger partial charge on any atom is 0.184 e. The standard InChI is InChI=1S/C19H26N6/c1-5-15-12-16(24-9-7-23(6-2)8-10-24)25-19(21-15)17-13(3)11-14(4)20-18(17)22-25/h11-12H,5-10H2,1-4H3. The van der Waals surface area contributed by atoms with E-state index in [-0.39, 0.29) is 0 Å². The van der Waals surface area contributed by atoms with Crippen molar-refractivity contribution < 1.29 is 0 Å². The predicted octanol–water partition coefficient (Wildman–Crippen LogP) is 2.60. The summed E-state index contributed by atoms with van der Waals surface area (Å²) in [6.07, 6.45) is 0.920. The Bertz CT molecular complexity index is 921. The van der Waals surface area contributed by atoms with E-state index in [1.54, 1.807) is 0 Å². The third kappa shape index (κ3) is 2.74. The molecule has 25 heavy (non-hydrogen) atoms. The smallest absolute Gasteiger partial charge is 0.184 e. The van der Waals surface area contributed by atoms with E-state index in [4.69, 9.17) is 10.1 Å². The van der Waals surface area contributed by atoms with Crippen LogP contribution in [0.5, 0.6) is 0 Å². The van der Waals surface area contributed by atoms with E-state index in [9.17, 15) is 0 Å². The molecule has 3 aromatic heterocycles. The van der Waals surface area contributed by atoms with Gasteiger partial charge in [0.2, 0.25) is 0 Å². The zero-order valence-electron chi connectivity index (χ0n) is 15.6. The van der Waals surface area contributed by atoms with Gasteiger partial charge in [0, 0.05) is 43.6 Å². The van der Waals surface area contributed by atoms with Crippen molar-refractivity contribution in [3.05, 3.63) is 29.1 Å². The van der Waals surface area contributed by atoms with Crippen LogP contribution in [0.3, 0.4) is 0 Å². The lowest BCUT2D eigenvalue weighted by molar-refractivity contribution is 0.270. The molecule has 132 valence electrons. The Morgan fingerprint density at radius 2 is 1.76 bits per heavy atom. The molecule has 0 amide bonds. The third-order valence-electron chi connectivity index (χ3n) is 5.21. The van der Waals surface area contributed by atoms with E-state index in [1.807, 2.05) is 11.4 Å². The van der Waals surface area contributed by atoms with Crippen LogP contribution in [0.1, 0.15) is 30.8 Å². The van der Waals surface area contributed by atoms with Crippen LogP contribution in [-0.2, 0) is 6.42 Å². The first-order chi connectivity index (χ1) is 12.1. The molecule has 0 N–H and O–H groups in total. The number of hydrogen-bond acceptors (Lipinski definition) is 5. The van der Waals surface area contributed by atoms with Gasteiger partial charge in [0.25, 0.3) is 0 Å². The second-order valence-corrected chi connectivity index (χ2v) is 6.90. The Hall–Kier alpha value is -2.21. The monoisotopic (exact) mass is 338 g/mol. The van der Waals surface area contributed by atoms with Crippen LogP contribution in [0.15, 0.2) is 12.1 Å². The highest BCUT2D eigenvalue weighted by Gasteiger charge is 2.21. The zero-order chi connectivity index (χ0) is 17.6. The molecular formula is C19H26N6. The Morgan fingerprint density at radius 1 is 1.00 bits per heavy atom. The molecular weight excluding hydrogens is 312 g/mol. The molecule has 0 bridgehead atoms. The van der Waals surface area contributed by atoms with Crippen LogP contribution in [0.2, 0.25) is 0 Å². The summed E-state index contributed by atoms with van der Waals surface area (Å²) in [5.74, 6) is 1.15. The normalized spacial score (nSPS) is 16.2. The van der Waals surface area contributed by atoms with Gasteiger partial charge in [-0.1, -0.05) is 13.8 Å². The Morgan fingerprint density at radius 3 is 2.44 bits per heavy atom. The predicted molar refractivity (Wildman–Crippen MR) is 101 cm³/mol. The summed E-state index contributed by atoms with van der Waals surface area (Å²) >= 11 is 0. The molecule has 1 aliphatic heterocycles. The zero-order valence-corrected chi connectivity index (χ0v) is 15.6. The fraction of sp³-hybridized carbons (Fsp3) is 0.526. The maximum absolute atomic E-state index is 4.88. The molecule has 1 aliphatic rings. The number of piperazine rings is 1. The Balaban J connectivity index is 1.90. The van der Waals surface area contributed by atoms with E-state index < -0.39 is 0 Å². The van der Waals surface area contributed by atoms with Crippen LogP contribution in [0, 0.1) is 13.8 Å². The molecule has 6 nitrogen and oxygen atoms in total. The highest BCUT2D eigenvalue weighted by atomic mass is 15.4. The first-order valence-electron chi connectivity index (χ1n) is 9.24. The molecule has 0 aliphatic carbocycles. The summed E-state index contributed by atoms with van der Waals surface area (Å²) < 4.78 is 2.00. The number of rotatable bonds is 3. The second kappa shape index (κ2) is 6.26. The fourth-order valence-electron chi connectivity index (χ4n) is 3.75. The number of anilines is 1. The molecule has 0 aromatic carbocycles. The first kappa shape index (κ1) is 16.3. The summed E-state index contributed by atoms with van der Waals surface area (Å²) in [4.78, 5) is 14.5. The fourth-order valence-corrected chi connectivity index (χ4v) is 3.75. The highest BCUT2D eigenvalue weighted by molar-refractivity contribution is 5.93. The van der Waals surface area contributed by atoms with E-state index in [0.29, 0.717) is 0 Å². The van der Waals surface area contributed by atoms with Crippen LogP contribution in [0.25, 0.3) is 16.7 Å². The van der Waals surface area contributed by atoms with Crippen LogP contribution < -0.4 is 4.90 Å². The third-order valence-corrected chi connectivity index (χ3v) is 5.21. The number of aromatic nitrogens is 4. The van der Waals surface area contributed by atoms with Gasteiger partial charge in [-0.3, -0.25) is 0 Å². The summed E-state index contributed by atoms with van der Waals surface area (Å²) in [6.45, 7) is 13.9. The van der Waals surface area contributed by atoms with Gasteiger partial charge in [0.1, 0.15) is 5.82 Å². The van der Waals surface area contributed by atoms with Gasteiger partial charge in [-0.25, -0.2) is 9.97 Å². The number of hydrogen-bond donors (Lipinski definition) is 0. The largest absolute Gasteiger partial charge is 0.354 e. The van der Waals surface area contributed by atoms with Crippen molar-refractivity contribution in [3.63, 3.8) is 0 Å². The first-order valence-corrected chi connectivity index (χ1v) is 9.24. The number of aryl methyl sites for hydroxylation is 3. The van der Waals surface area contributed by atoms with Gasteiger partial charge >= 0.3 is 0 Å². The summed E-state index contributed by atoms with van der Waals surface area (Å²) in [5.41, 5.74) is 5.04. The van der Waals surface area contributed by atoms with E-state index in [1.165, 1.54) is 5.56 Å². The van der Waals surface area contributed by atoms with Gasteiger partial charge in [-0.05, 0) is 38.4 Å². The second-order valence-electron chi connectivity index (χ2n) is 6.90. The minimum Gasteiger partial charge on any atom is -0.354 e. The molecule has 0 radical (unpaired) electrons. The van der Waals surface area contributed by atoms with Crippen molar-refractivity contribution in [1.82, 2.24) is 24.5 Å². The molecule has 3 aromatic rings. The van der Waals surface area contributed by atoms with Gasteiger partial charge < -0.3 is 9.80 Å². The highest BCUT2D eigenvalue weighted by Crippen LogP contribution is 2.27. The molecule has 4 rings (SSSR count). The van der Waals surface area contributed by atoms with Crippen molar-refractivity contribution in [3.8, 4) is 0 Å². The summed E-state index contributed by atoms with van der Waals surface area (Å²) in [7, 11) is 0. The Kier molecular flexibility index (Phi) is 4.07. The lowest BCUT2D eigenvalue weighted by Gasteiger charge is -2.35. The number of likely N-dealkylation sites (N-methyl/N-ethyl adjacent to an activating group) is 1. The Labute approximate surface area is 148 Å². The molecule has 1 fully saturated rings. The van der Waals surface area contributed by atoms with Gasteiger partial charge in [-0.15, -0.1) is 5.10 Å². The van der Waals surface area contributed by atoms with Crippen molar-refractivity contribution in [2.24, 2.45) is 0 Å². The lowest BCUT2D eigenvalue weighted by Crippen LogP contribution is -2.46. The van der Waals surface area contributed by atoms with Crippen LogP contribution >= 0.6 is 0 Å². The van der Waals surface area contributed by atoms with Crippen LogP contribution in [0.4, 0.5) is 5.82 Å². The lowest BCUT2D eigenvalue weighted by atomic mass is 10.2. The quantitative estimate of drug-likeness (QED) is 0.735. The molecule has 6 heteroatoms. The molecule has 0 atom stereocenters. The number of fused-ring (bicyclic) bond motifs is 3. The number of nitrogens with zero attached hydrogens (tertiary/aromatic N) is 6. The molecule has 0 spiro atoms. The van der Waals surface area contributed by atoms with E-state index in [0.717, 1.165) is 73.0 Å². The molecule has 0 unspecified atom stereocenters. The SMILES string of the molecule is CCc1cc(N2CCN(CC)CC2)n2nc3nc(C)cc(C)c3c2n1. The molecule has 1 saturated heterocycles. The minimum atomic E-state index is 0.798. The van der Waals surface area contributed by atoms with Gasteiger partial charge in [0.15, 0.2) is 11.3 Å². The topological polar surface area (TPSA) is 49.6 Å². The maximum atomic E-state index is 4.88. The van der Waals surface area contributed by atoms with Crippen molar-refractivity contribution in [2.45, 2.75) is 34.1 Å². The van der Waals surface area contributed by atoms with Gasteiger partial charge in [-0.2, -0.15) is 4.52 Å². The molecule has 0 saturated carbocycles. The van der Waals surface area contributed by atoms with Crippen molar-refractivity contribution in [2.75, 3.05) is 37.6 Å². The van der Waals surface area contributed by atoms with E-state index >= 15 is 0 Å². The van der Waals surface area contributed by atoms with Crippen LogP contribution in [-0.4, -0.2) is 57.2 Å². The van der Waals surface area contributed by atoms with E-state index in [2.05, 4.69) is 47.7 Å². The van der Waals surface area contributed by atoms with Gasteiger partial charge in [0.05, 0.1) is 5.39 Å². The van der Waals surface area contributed by atoms with Crippen molar-refractivity contribution >= 4 is 22.5 Å². The van der Waals surface area contributed by atoms with Crippen molar-refractivity contribution in [1.29, 1.82) is 0 Å². The number of pyridine rings is 1. The average molecular weight is 338 g/mol. The average Bonchev–Trinajstić information content (AvgIpc) is 2.99. The minimum absolute atomic E-state index is 0.798. The molecule has 4 heterocycles.